The van der Waals surface area contributed by atoms with Gasteiger partial charge in [0.05, 0.1) is 5.69 Å². The van der Waals surface area contributed by atoms with Gasteiger partial charge in [0.2, 0.25) is 5.91 Å². The van der Waals surface area contributed by atoms with E-state index in [1.807, 2.05) is 4.90 Å². The highest BCUT2D eigenvalue weighted by Crippen LogP contribution is 2.35. The van der Waals surface area contributed by atoms with Gasteiger partial charge in [0.15, 0.2) is 5.78 Å². The molecule has 4 amide bonds. The molecule has 4 rings (SSSR count). The molecule has 2 heterocycles. The van der Waals surface area contributed by atoms with E-state index in [1.54, 1.807) is 17.0 Å². The number of carbonyl (C=O) groups excluding carboxylic acids is 4. The number of hydrogen-bond acceptors (Lipinski definition) is 5. The number of ketones is 1. The first kappa shape index (κ1) is 20.3. The van der Waals surface area contributed by atoms with Crippen LogP contribution in [0.2, 0.25) is 0 Å². The number of Topliss-reactive ketones (excluding diaryl/α,β-unsaturated/α-hetero) is 1. The SMILES string of the molecule is CC(=O)c1ccc(N2CCN(C(=O)CN3C(=O)NC4(CCCC4)C3=O)CC2)c(F)c1. The minimum Gasteiger partial charge on any atom is -0.366 e. The Kier molecular flexibility index (Phi) is 5.21. The van der Waals surface area contributed by atoms with Crippen molar-refractivity contribution in [2.45, 2.75) is 38.1 Å². The lowest BCUT2D eigenvalue weighted by molar-refractivity contribution is -0.139. The molecule has 1 spiro atoms. The normalized spacial score (nSPS) is 20.8. The van der Waals surface area contributed by atoms with Crippen molar-refractivity contribution >= 4 is 29.3 Å². The summed E-state index contributed by atoms with van der Waals surface area (Å²) in [4.78, 5) is 53.5. The summed E-state index contributed by atoms with van der Waals surface area (Å²) in [5.41, 5.74) is -0.109. The van der Waals surface area contributed by atoms with E-state index in [1.165, 1.54) is 13.0 Å². The van der Waals surface area contributed by atoms with Crippen molar-refractivity contribution in [3.8, 4) is 0 Å². The largest absolute Gasteiger partial charge is 0.366 e. The maximum atomic E-state index is 14.4. The molecule has 1 aromatic rings. The van der Waals surface area contributed by atoms with Crippen LogP contribution in [0, 0.1) is 5.82 Å². The zero-order valence-corrected chi connectivity index (χ0v) is 16.9. The molecule has 0 radical (unpaired) electrons. The quantitative estimate of drug-likeness (QED) is 0.594. The Morgan fingerprint density at radius 1 is 1.10 bits per heavy atom. The summed E-state index contributed by atoms with van der Waals surface area (Å²) in [5.74, 6) is -1.26. The summed E-state index contributed by atoms with van der Waals surface area (Å²) in [7, 11) is 0. The highest BCUT2D eigenvalue weighted by atomic mass is 19.1. The zero-order chi connectivity index (χ0) is 21.5. The van der Waals surface area contributed by atoms with E-state index in [-0.39, 0.29) is 24.1 Å². The van der Waals surface area contributed by atoms with Crippen molar-refractivity contribution < 1.29 is 23.6 Å². The van der Waals surface area contributed by atoms with Crippen LogP contribution in [0.4, 0.5) is 14.9 Å². The van der Waals surface area contributed by atoms with Crippen LogP contribution in [0.15, 0.2) is 18.2 Å². The Labute approximate surface area is 174 Å². The van der Waals surface area contributed by atoms with Gasteiger partial charge in [-0.2, -0.15) is 0 Å². The second-order valence-electron chi connectivity index (χ2n) is 8.20. The van der Waals surface area contributed by atoms with Crippen LogP contribution in [0.3, 0.4) is 0 Å². The van der Waals surface area contributed by atoms with Gasteiger partial charge in [-0.15, -0.1) is 0 Å². The molecule has 1 N–H and O–H groups in total. The molecule has 0 unspecified atom stereocenters. The predicted molar refractivity (Wildman–Crippen MR) is 107 cm³/mol. The van der Waals surface area contributed by atoms with Crippen LogP contribution in [-0.4, -0.2) is 71.7 Å². The smallest absolute Gasteiger partial charge is 0.325 e. The number of halogens is 1. The van der Waals surface area contributed by atoms with Crippen LogP contribution < -0.4 is 10.2 Å². The number of hydrogen-bond donors (Lipinski definition) is 1. The number of nitrogens with zero attached hydrogens (tertiary/aromatic N) is 3. The summed E-state index contributed by atoms with van der Waals surface area (Å²) < 4.78 is 14.4. The lowest BCUT2D eigenvalue weighted by atomic mass is 9.98. The third-order valence-electron chi connectivity index (χ3n) is 6.32. The molecule has 1 aromatic carbocycles. The molecule has 0 aromatic heterocycles. The van der Waals surface area contributed by atoms with Crippen molar-refractivity contribution in [2.24, 2.45) is 0 Å². The van der Waals surface area contributed by atoms with E-state index in [2.05, 4.69) is 5.32 Å². The third kappa shape index (κ3) is 3.53. The Morgan fingerprint density at radius 2 is 1.77 bits per heavy atom. The molecule has 1 saturated carbocycles. The molecular weight excluding hydrogens is 391 g/mol. The van der Waals surface area contributed by atoms with Gasteiger partial charge in [-0.3, -0.25) is 19.3 Å². The number of imide groups is 1. The first-order chi connectivity index (χ1) is 14.3. The third-order valence-corrected chi connectivity index (χ3v) is 6.32. The minimum atomic E-state index is -0.820. The second kappa shape index (κ2) is 7.70. The average Bonchev–Trinajstić information content (AvgIpc) is 3.28. The van der Waals surface area contributed by atoms with Crippen LogP contribution in [0.5, 0.6) is 0 Å². The van der Waals surface area contributed by atoms with Gasteiger partial charge in [0.1, 0.15) is 17.9 Å². The number of carbonyl (C=O) groups is 4. The summed E-state index contributed by atoms with van der Waals surface area (Å²) in [6.07, 6.45) is 3.02. The molecule has 3 aliphatic rings. The highest BCUT2D eigenvalue weighted by Gasteiger charge is 2.52. The van der Waals surface area contributed by atoms with Crippen molar-refractivity contribution in [3.05, 3.63) is 29.6 Å². The zero-order valence-electron chi connectivity index (χ0n) is 16.9. The lowest BCUT2D eigenvalue weighted by Gasteiger charge is -2.36. The number of piperazine rings is 1. The molecule has 30 heavy (non-hydrogen) atoms. The molecular formula is C21H25FN4O4. The van der Waals surface area contributed by atoms with Gasteiger partial charge >= 0.3 is 6.03 Å². The van der Waals surface area contributed by atoms with Crippen LogP contribution in [-0.2, 0) is 9.59 Å². The lowest BCUT2D eigenvalue weighted by Crippen LogP contribution is -2.52. The summed E-state index contributed by atoms with van der Waals surface area (Å²) >= 11 is 0. The minimum absolute atomic E-state index is 0.198. The van der Waals surface area contributed by atoms with Crippen molar-refractivity contribution in [1.29, 1.82) is 0 Å². The molecule has 8 nitrogen and oxygen atoms in total. The molecule has 0 atom stereocenters. The van der Waals surface area contributed by atoms with Crippen LogP contribution in [0.25, 0.3) is 0 Å². The second-order valence-corrected chi connectivity index (χ2v) is 8.20. The Hall–Kier alpha value is -2.97. The van der Waals surface area contributed by atoms with E-state index >= 15 is 0 Å². The average molecular weight is 416 g/mol. The van der Waals surface area contributed by atoms with Crippen molar-refractivity contribution in [3.63, 3.8) is 0 Å². The summed E-state index contributed by atoms with van der Waals surface area (Å²) in [6.45, 7) is 2.69. The van der Waals surface area contributed by atoms with Gasteiger partial charge in [0, 0.05) is 31.7 Å². The Balaban J connectivity index is 1.35. The van der Waals surface area contributed by atoms with E-state index in [0.29, 0.717) is 50.3 Å². The highest BCUT2D eigenvalue weighted by molar-refractivity contribution is 6.09. The first-order valence-corrected chi connectivity index (χ1v) is 10.3. The van der Waals surface area contributed by atoms with Gasteiger partial charge in [-0.25, -0.2) is 9.18 Å². The fourth-order valence-corrected chi connectivity index (χ4v) is 4.55. The van der Waals surface area contributed by atoms with E-state index in [9.17, 15) is 23.6 Å². The first-order valence-electron chi connectivity index (χ1n) is 10.3. The number of anilines is 1. The van der Waals surface area contributed by atoms with E-state index < -0.39 is 17.4 Å². The molecule has 9 heteroatoms. The molecule has 0 bridgehead atoms. The fourth-order valence-electron chi connectivity index (χ4n) is 4.55. The molecule has 3 fully saturated rings. The van der Waals surface area contributed by atoms with E-state index in [0.717, 1.165) is 17.7 Å². The maximum Gasteiger partial charge on any atom is 0.325 e. The maximum absolute atomic E-state index is 14.4. The standard InChI is InChI=1S/C21H25FN4O4/c1-14(27)15-4-5-17(16(22)12-15)24-8-10-25(11-9-24)18(28)13-26-19(29)21(23-20(26)30)6-2-3-7-21/h4-5,12H,2-3,6-11,13H2,1H3,(H,23,30). The van der Waals surface area contributed by atoms with Crippen molar-refractivity contribution in [1.82, 2.24) is 15.1 Å². The molecule has 2 saturated heterocycles. The fraction of sp³-hybridized carbons (Fsp3) is 0.524. The monoisotopic (exact) mass is 416 g/mol. The number of amides is 4. The number of benzene rings is 1. The van der Waals surface area contributed by atoms with Crippen molar-refractivity contribution in [2.75, 3.05) is 37.6 Å². The van der Waals surface area contributed by atoms with E-state index in [4.69, 9.17) is 0 Å². The summed E-state index contributed by atoms with van der Waals surface area (Å²) in [6, 6.07) is 3.90. The molecule has 160 valence electrons. The Bertz CT molecular complexity index is 904. The molecule has 1 aliphatic carbocycles. The van der Waals surface area contributed by atoms with Gasteiger partial charge in [0.25, 0.3) is 5.91 Å². The number of urea groups is 1. The van der Waals surface area contributed by atoms with Crippen LogP contribution in [0.1, 0.15) is 43.0 Å². The number of rotatable bonds is 4. The number of nitrogens with one attached hydrogen (secondary N) is 1. The topological polar surface area (TPSA) is 90.0 Å². The Morgan fingerprint density at radius 3 is 2.37 bits per heavy atom. The van der Waals surface area contributed by atoms with Gasteiger partial charge in [-0.05, 0) is 38.0 Å². The van der Waals surface area contributed by atoms with Gasteiger partial charge < -0.3 is 15.1 Å². The molecule has 2 aliphatic heterocycles. The summed E-state index contributed by atoms with van der Waals surface area (Å²) in [5, 5.41) is 2.78. The van der Waals surface area contributed by atoms with Crippen LogP contribution >= 0.6 is 0 Å². The van der Waals surface area contributed by atoms with Gasteiger partial charge in [-0.1, -0.05) is 12.8 Å². The predicted octanol–water partition coefficient (Wildman–Crippen LogP) is 1.54.